The number of aromatic nitrogens is 2. The molecule has 4 atom stereocenters. The lowest BCUT2D eigenvalue weighted by Crippen LogP contribution is -2.33. The second-order valence-corrected chi connectivity index (χ2v) is 4.87. The van der Waals surface area contributed by atoms with Crippen molar-refractivity contribution in [2.24, 2.45) is 0 Å². The zero-order valence-electron chi connectivity index (χ0n) is 10.7. The van der Waals surface area contributed by atoms with Gasteiger partial charge >= 0.3 is 0 Å². The summed E-state index contributed by atoms with van der Waals surface area (Å²) in [7, 11) is 1.44. The van der Waals surface area contributed by atoms with Crippen molar-refractivity contribution in [3.63, 3.8) is 0 Å². The van der Waals surface area contributed by atoms with Gasteiger partial charge in [-0.3, -0.25) is 14.3 Å². The van der Waals surface area contributed by atoms with Gasteiger partial charge in [0.15, 0.2) is 11.0 Å². The van der Waals surface area contributed by atoms with Crippen molar-refractivity contribution in [2.75, 3.05) is 13.7 Å². The van der Waals surface area contributed by atoms with E-state index in [0.717, 1.165) is 0 Å². The number of hydrogen-bond acceptors (Lipinski definition) is 7. The van der Waals surface area contributed by atoms with E-state index >= 15 is 0 Å². The third-order valence-corrected chi connectivity index (χ3v) is 3.45. The number of methoxy groups -OCH3 is 1. The average molecular weight is 304 g/mol. The van der Waals surface area contributed by atoms with E-state index < -0.39 is 31.1 Å². The zero-order valence-corrected chi connectivity index (χ0v) is 11.5. The topological polar surface area (TPSA) is 117 Å². The summed E-state index contributed by atoms with van der Waals surface area (Å²) in [6.07, 6.45) is -2.98. The highest BCUT2D eigenvalue weighted by Gasteiger charge is 2.43. The maximum Gasteiger partial charge on any atom is 0.257 e. The van der Waals surface area contributed by atoms with E-state index in [1.165, 1.54) is 17.9 Å². The van der Waals surface area contributed by atoms with Crippen molar-refractivity contribution in [1.82, 2.24) is 9.55 Å². The molecule has 8 nitrogen and oxygen atoms in total. The summed E-state index contributed by atoms with van der Waals surface area (Å²) in [5.74, 6) is 0. The predicted molar refractivity (Wildman–Crippen MR) is 69.6 cm³/mol. The van der Waals surface area contributed by atoms with Crippen LogP contribution in [-0.4, -0.2) is 56.9 Å². The number of ether oxygens (including phenoxy) is 2. The van der Waals surface area contributed by atoms with Crippen LogP contribution in [0.25, 0.3) is 0 Å². The summed E-state index contributed by atoms with van der Waals surface area (Å²) in [5, 5.41) is 28.7. The van der Waals surface area contributed by atoms with E-state index in [9.17, 15) is 15.0 Å². The van der Waals surface area contributed by atoms with Crippen LogP contribution in [0.15, 0.2) is 11.0 Å². The molecule has 0 aliphatic carbocycles. The number of hydrogen-bond donors (Lipinski definition) is 4. The summed E-state index contributed by atoms with van der Waals surface area (Å²) in [5.41, 5.74) is -0.0846. The number of H-pyrrole nitrogens is 1. The third-order valence-electron chi connectivity index (χ3n) is 3.13. The van der Waals surface area contributed by atoms with E-state index in [2.05, 4.69) is 4.98 Å². The Morgan fingerprint density at radius 2 is 2.20 bits per heavy atom. The Balaban J connectivity index is 2.40. The minimum atomic E-state index is -1.26. The van der Waals surface area contributed by atoms with Crippen LogP contribution in [0, 0.1) is 4.77 Å². The smallest absolute Gasteiger partial charge is 0.257 e. The number of aliphatic hydroxyl groups excluding tert-OH is 3. The van der Waals surface area contributed by atoms with Gasteiger partial charge in [-0.1, -0.05) is 0 Å². The monoisotopic (exact) mass is 304 g/mol. The molecule has 2 heterocycles. The molecule has 112 valence electrons. The van der Waals surface area contributed by atoms with Crippen LogP contribution in [-0.2, 0) is 16.1 Å². The SMILES string of the molecule is COCc1cn([C@@H]2O[C@H](CO)[C@@H](O)[C@H]2O)c(=S)[nH]c1=O. The number of nitrogens with one attached hydrogen (secondary N) is 1. The lowest BCUT2D eigenvalue weighted by atomic mass is 10.1. The summed E-state index contributed by atoms with van der Waals surface area (Å²) < 4.78 is 11.6. The highest BCUT2D eigenvalue weighted by molar-refractivity contribution is 7.71. The molecule has 0 saturated carbocycles. The molecular formula is C11H16N2O6S. The summed E-state index contributed by atoms with van der Waals surface area (Å²) >= 11 is 5.02. The average Bonchev–Trinajstić information content (AvgIpc) is 2.70. The normalized spacial score (nSPS) is 29.8. The highest BCUT2D eigenvalue weighted by atomic mass is 32.1. The lowest BCUT2D eigenvalue weighted by molar-refractivity contribution is -0.0543. The molecule has 0 unspecified atom stereocenters. The molecule has 2 rings (SSSR count). The molecule has 4 N–H and O–H groups in total. The van der Waals surface area contributed by atoms with E-state index in [-0.39, 0.29) is 16.9 Å². The maximum absolute atomic E-state index is 11.7. The number of aliphatic hydroxyl groups is 3. The molecule has 1 aliphatic heterocycles. The fraction of sp³-hybridized carbons (Fsp3) is 0.636. The van der Waals surface area contributed by atoms with Crippen LogP contribution >= 0.6 is 12.2 Å². The number of aromatic amines is 1. The van der Waals surface area contributed by atoms with Gasteiger partial charge in [-0.05, 0) is 12.2 Å². The van der Waals surface area contributed by atoms with Crippen LogP contribution < -0.4 is 5.56 Å². The van der Waals surface area contributed by atoms with E-state index in [1.807, 2.05) is 0 Å². The standard InChI is InChI=1S/C11H16N2O6S/c1-18-4-5-2-13(11(20)12-9(5)17)10-8(16)7(15)6(3-14)19-10/h2,6-8,10,14-16H,3-4H2,1H3,(H,12,17,20)/t6-,7-,8-,10-/m1/s1. The molecule has 1 aromatic rings. The summed E-state index contributed by atoms with van der Waals surface area (Å²) in [4.78, 5) is 14.1. The van der Waals surface area contributed by atoms with Crippen LogP contribution in [0.2, 0.25) is 0 Å². The van der Waals surface area contributed by atoms with E-state index in [0.29, 0.717) is 5.56 Å². The number of nitrogens with zero attached hydrogens (tertiary/aromatic N) is 1. The van der Waals surface area contributed by atoms with Crippen molar-refractivity contribution in [3.05, 3.63) is 26.9 Å². The lowest BCUT2D eigenvalue weighted by Gasteiger charge is -2.19. The Hall–Kier alpha value is -1.10. The third kappa shape index (κ3) is 2.68. The molecule has 1 fully saturated rings. The Morgan fingerprint density at radius 3 is 2.75 bits per heavy atom. The zero-order chi connectivity index (χ0) is 14.9. The summed E-state index contributed by atoms with van der Waals surface area (Å²) in [6.45, 7) is -0.365. The first-order valence-corrected chi connectivity index (χ1v) is 6.36. The fourth-order valence-electron chi connectivity index (χ4n) is 2.08. The van der Waals surface area contributed by atoms with Crippen molar-refractivity contribution >= 4 is 12.2 Å². The molecule has 1 aromatic heterocycles. The van der Waals surface area contributed by atoms with Gasteiger partial charge in [-0.2, -0.15) is 0 Å². The van der Waals surface area contributed by atoms with E-state index in [1.54, 1.807) is 0 Å². The number of rotatable bonds is 4. The molecular weight excluding hydrogens is 288 g/mol. The molecule has 0 aromatic carbocycles. The summed E-state index contributed by atoms with van der Waals surface area (Å²) in [6, 6.07) is 0. The van der Waals surface area contributed by atoms with Gasteiger partial charge in [0.25, 0.3) is 5.56 Å². The van der Waals surface area contributed by atoms with Gasteiger partial charge < -0.3 is 24.8 Å². The fourth-order valence-corrected chi connectivity index (χ4v) is 2.33. The van der Waals surface area contributed by atoms with Gasteiger partial charge in [0.05, 0.1) is 18.8 Å². The first kappa shape index (κ1) is 15.3. The Bertz CT molecular complexity index is 585. The van der Waals surface area contributed by atoms with Crippen LogP contribution in [0.5, 0.6) is 0 Å². The Kier molecular flexibility index (Phi) is 4.68. The van der Waals surface area contributed by atoms with Crippen LogP contribution in [0.1, 0.15) is 11.8 Å². The largest absolute Gasteiger partial charge is 0.394 e. The van der Waals surface area contributed by atoms with Crippen molar-refractivity contribution in [1.29, 1.82) is 0 Å². The first-order valence-electron chi connectivity index (χ1n) is 5.95. The van der Waals surface area contributed by atoms with Crippen LogP contribution in [0.4, 0.5) is 0 Å². The minimum Gasteiger partial charge on any atom is -0.394 e. The molecule has 0 radical (unpaired) electrons. The van der Waals surface area contributed by atoms with Crippen molar-refractivity contribution < 1.29 is 24.8 Å². The quantitative estimate of drug-likeness (QED) is 0.509. The molecule has 0 spiro atoms. The second-order valence-electron chi connectivity index (χ2n) is 4.48. The first-order chi connectivity index (χ1) is 9.49. The predicted octanol–water partition coefficient (Wildman–Crippen LogP) is -1.34. The second kappa shape index (κ2) is 6.12. The van der Waals surface area contributed by atoms with Gasteiger partial charge in [-0.15, -0.1) is 0 Å². The van der Waals surface area contributed by atoms with Gasteiger partial charge in [0, 0.05) is 13.3 Å². The Morgan fingerprint density at radius 1 is 1.50 bits per heavy atom. The molecule has 20 heavy (non-hydrogen) atoms. The van der Waals surface area contributed by atoms with Crippen molar-refractivity contribution in [3.8, 4) is 0 Å². The van der Waals surface area contributed by atoms with Crippen molar-refractivity contribution in [2.45, 2.75) is 31.1 Å². The molecule has 1 aliphatic rings. The van der Waals surface area contributed by atoms with Crippen LogP contribution in [0.3, 0.4) is 0 Å². The molecule has 0 bridgehead atoms. The minimum absolute atomic E-state index is 0.0460. The van der Waals surface area contributed by atoms with E-state index in [4.69, 9.17) is 26.8 Å². The maximum atomic E-state index is 11.7. The van der Waals surface area contributed by atoms with Gasteiger partial charge in [0.2, 0.25) is 0 Å². The van der Waals surface area contributed by atoms with Gasteiger partial charge in [-0.25, -0.2) is 0 Å². The molecule has 1 saturated heterocycles. The van der Waals surface area contributed by atoms with Gasteiger partial charge in [0.1, 0.15) is 18.3 Å². The Labute approximate surface area is 119 Å². The highest BCUT2D eigenvalue weighted by Crippen LogP contribution is 2.29. The molecule has 0 amide bonds. The molecule has 9 heteroatoms.